The first-order valence-corrected chi connectivity index (χ1v) is 9.48. The van der Waals surface area contributed by atoms with E-state index < -0.39 is 0 Å². The van der Waals surface area contributed by atoms with Crippen molar-refractivity contribution < 1.29 is 0 Å². The number of aliphatic imine (C=N–C) groups is 2. The lowest BCUT2D eigenvalue weighted by molar-refractivity contribution is 0.658. The molecule has 0 radical (unpaired) electrons. The predicted octanol–water partition coefficient (Wildman–Crippen LogP) is 4.99. The fraction of sp³-hybridized carbons (Fsp3) is 0.0870. The van der Waals surface area contributed by atoms with E-state index >= 15 is 0 Å². The van der Waals surface area contributed by atoms with Gasteiger partial charge in [0.15, 0.2) is 5.84 Å². The molecule has 0 saturated carbocycles. The highest BCUT2D eigenvalue weighted by Gasteiger charge is 2.19. The van der Waals surface area contributed by atoms with Crippen LogP contribution in [0.1, 0.15) is 18.1 Å². The molecule has 6 nitrogen and oxygen atoms in total. The summed E-state index contributed by atoms with van der Waals surface area (Å²) in [5, 5.41) is 11.6. The summed E-state index contributed by atoms with van der Waals surface area (Å²) in [7, 11) is 0. The van der Waals surface area contributed by atoms with Crippen LogP contribution in [0.4, 0.5) is 11.4 Å². The number of nitrogens with zero attached hydrogens (tertiary/aromatic N) is 4. The third kappa shape index (κ3) is 3.14. The Morgan fingerprint density at radius 1 is 1.21 bits per heavy atom. The molecule has 2 aromatic carbocycles. The maximum absolute atomic E-state index is 4.87. The first-order valence-electron chi connectivity index (χ1n) is 9.48. The monoisotopic (exact) mass is 380 g/mol. The molecule has 142 valence electrons. The van der Waals surface area contributed by atoms with Gasteiger partial charge in [-0.05, 0) is 36.8 Å². The Kier molecular flexibility index (Phi) is 4.09. The molecule has 0 bridgehead atoms. The summed E-state index contributed by atoms with van der Waals surface area (Å²) in [6.45, 7) is 6.21. The molecule has 0 unspecified atom stereocenters. The minimum absolute atomic E-state index is 0.712. The third-order valence-corrected chi connectivity index (χ3v) is 5.01. The van der Waals surface area contributed by atoms with Crippen LogP contribution in [0, 0.1) is 0 Å². The minimum atomic E-state index is 0.712. The summed E-state index contributed by atoms with van der Waals surface area (Å²) in [6, 6.07) is 12.3. The van der Waals surface area contributed by atoms with Crippen LogP contribution in [-0.4, -0.2) is 27.1 Å². The molecule has 0 atom stereocenters. The van der Waals surface area contributed by atoms with Gasteiger partial charge >= 0.3 is 0 Å². The van der Waals surface area contributed by atoms with E-state index in [1.807, 2.05) is 60.9 Å². The van der Waals surface area contributed by atoms with Crippen molar-refractivity contribution in [2.75, 3.05) is 5.32 Å². The number of amidine groups is 1. The summed E-state index contributed by atoms with van der Waals surface area (Å²) in [6.07, 6.45) is 10.6. The maximum Gasteiger partial charge on any atom is 0.154 e. The van der Waals surface area contributed by atoms with Gasteiger partial charge in [-0.2, -0.15) is 5.10 Å². The van der Waals surface area contributed by atoms with Gasteiger partial charge in [0.2, 0.25) is 0 Å². The fourth-order valence-corrected chi connectivity index (χ4v) is 3.51. The molecule has 3 heterocycles. The van der Waals surface area contributed by atoms with Gasteiger partial charge < -0.3 is 10.2 Å². The number of hydrogen-bond acceptors (Lipinski definition) is 5. The molecule has 0 amide bonds. The average molecular weight is 380 g/mol. The van der Waals surface area contributed by atoms with Crippen LogP contribution in [0.5, 0.6) is 0 Å². The molecule has 2 aliphatic rings. The van der Waals surface area contributed by atoms with Crippen molar-refractivity contribution in [2.45, 2.75) is 13.3 Å². The smallest absolute Gasteiger partial charge is 0.154 e. The number of aromatic nitrogens is 2. The highest BCUT2D eigenvalue weighted by atomic mass is 15.2. The van der Waals surface area contributed by atoms with Crippen LogP contribution in [0.25, 0.3) is 16.6 Å². The van der Waals surface area contributed by atoms with Crippen molar-refractivity contribution in [3.63, 3.8) is 0 Å². The molecule has 0 spiro atoms. The number of nitrogens with one attached hydrogen (secondary N) is 2. The Morgan fingerprint density at radius 3 is 3.03 bits per heavy atom. The van der Waals surface area contributed by atoms with E-state index in [0.29, 0.717) is 5.84 Å². The summed E-state index contributed by atoms with van der Waals surface area (Å²) in [5.74, 6) is 0.712. The molecule has 1 aromatic heterocycles. The summed E-state index contributed by atoms with van der Waals surface area (Å²) < 4.78 is 0. The summed E-state index contributed by atoms with van der Waals surface area (Å²) in [5.41, 5.74) is 6.83. The Hall–Kier alpha value is -3.93. The molecule has 5 rings (SSSR count). The molecule has 0 fully saturated rings. The molecule has 0 aliphatic carbocycles. The topological polar surface area (TPSA) is 68.7 Å². The average Bonchev–Trinajstić information content (AvgIpc) is 3.39. The predicted molar refractivity (Wildman–Crippen MR) is 119 cm³/mol. The molecule has 3 aromatic rings. The lowest BCUT2D eigenvalue weighted by atomic mass is 10.1. The van der Waals surface area contributed by atoms with Crippen LogP contribution >= 0.6 is 0 Å². The number of hydrogen-bond donors (Lipinski definition) is 2. The summed E-state index contributed by atoms with van der Waals surface area (Å²) >= 11 is 0. The van der Waals surface area contributed by atoms with Crippen molar-refractivity contribution in [3.8, 4) is 0 Å². The number of allylic oxidation sites excluding steroid dienone is 1. The van der Waals surface area contributed by atoms with Gasteiger partial charge in [0, 0.05) is 41.7 Å². The molecule has 0 saturated heterocycles. The lowest BCUT2D eigenvalue weighted by Gasteiger charge is -2.26. The highest BCUT2D eigenvalue weighted by molar-refractivity contribution is 6.11. The van der Waals surface area contributed by atoms with Gasteiger partial charge in [-0.15, -0.1) is 0 Å². The first kappa shape index (κ1) is 17.2. The fourth-order valence-electron chi connectivity index (χ4n) is 3.51. The van der Waals surface area contributed by atoms with Crippen LogP contribution in [0.15, 0.2) is 83.3 Å². The van der Waals surface area contributed by atoms with E-state index in [-0.39, 0.29) is 0 Å². The van der Waals surface area contributed by atoms with Crippen molar-refractivity contribution in [1.29, 1.82) is 0 Å². The zero-order valence-corrected chi connectivity index (χ0v) is 16.1. The van der Waals surface area contributed by atoms with E-state index in [1.165, 1.54) is 5.56 Å². The quantitative estimate of drug-likeness (QED) is 0.672. The summed E-state index contributed by atoms with van der Waals surface area (Å²) in [4.78, 5) is 11.2. The van der Waals surface area contributed by atoms with Gasteiger partial charge in [-0.1, -0.05) is 24.8 Å². The van der Waals surface area contributed by atoms with Gasteiger partial charge in [0.05, 0.1) is 28.8 Å². The number of anilines is 1. The van der Waals surface area contributed by atoms with Crippen molar-refractivity contribution in [1.82, 2.24) is 15.1 Å². The molecule has 6 heteroatoms. The number of aromatic amines is 1. The van der Waals surface area contributed by atoms with E-state index in [4.69, 9.17) is 4.99 Å². The van der Waals surface area contributed by atoms with Crippen molar-refractivity contribution >= 4 is 40.0 Å². The second kappa shape index (κ2) is 6.91. The van der Waals surface area contributed by atoms with Crippen LogP contribution in [0.3, 0.4) is 0 Å². The van der Waals surface area contributed by atoms with Crippen LogP contribution < -0.4 is 5.32 Å². The normalized spacial score (nSPS) is 15.8. The zero-order valence-electron chi connectivity index (χ0n) is 16.1. The first-order chi connectivity index (χ1) is 14.2. The van der Waals surface area contributed by atoms with Gasteiger partial charge in [0.25, 0.3) is 0 Å². The molecular weight excluding hydrogens is 360 g/mol. The Bertz CT molecular complexity index is 1240. The van der Waals surface area contributed by atoms with Crippen LogP contribution in [-0.2, 0) is 6.42 Å². The zero-order chi connectivity index (χ0) is 19.8. The second-order valence-electron chi connectivity index (χ2n) is 6.97. The molecule has 2 aliphatic heterocycles. The second-order valence-corrected chi connectivity index (χ2v) is 6.97. The number of benzene rings is 2. The van der Waals surface area contributed by atoms with Crippen molar-refractivity contribution in [3.05, 3.63) is 84.5 Å². The van der Waals surface area contributed by atoms with Crippen LogP contribution in [0.2, 0.25) is 0 Å². The molecule has 2 N–H and O–H groups in total. The van der Waals surface area contributed by atoms with E-state index in [1.54, 1.807) is 0 Å². The number of H-pyrrole nitrogens is 1. The number of rotatable bonds is 3. The van der Waals surface area contributed by atoms with E-state index in [9.17, 15) is 0 Å². The standard InChI is InChI=1S/C23H20N6/c1-3-10-29-14-22(16-4-5-18-13-25-28-21(18)12-16)27-23(15(29)2)26-19-6-7-20-17(11-19)8-9-24-20/h3-7,9-14H,2,8H2,1H3,(H,25,28)(H,26,27)/b10-3-. The van der Waals surface area contributed by atoms with E-state index in [2.05, 4.69) is 45.3 Å². The SMILES string of the molecule is C=C1C(Nc2ccc3c(c2)CC=N3)=NC(c2ccc3cn[nH]c3c2)=CN1/C=C\C. The minimum Gasteiger partial charge on any atom is -0.338 e. The Labute approximate surface area is 168 Å². The molecular formula is C23H20N6. The third-order valence-electron chi connectivity index (χ3n) is 5.01. The van der Waals surface area contributed by atoms with Crippen molar-refractivity contribution in [2.24, 2.45) is 9.98 Å². The highest BCUT2D eigenvalue weighted by Crippen LogP contribution is 2.30. The van der Waals surface area contributed by atoms with Gasteiger partial charge in [-0.3, -0.25) is 10.1 Å². The molecule has 29 heavy (non-hydrogen) atoms. The Morgan fingerprint density at radius 2 is 2.14 bits per heavy atom. The largest absolute Gasteiger partial charge is 0.338 e. The number of fused-ring (bicyclic) bond motifs is 2. The van der Waals surface area contributed by atoms with Gasteiger partial charge in [-0.25, -0.2) is 4.99 Å². The lowest BCUT2D eigenvalue weighted by Crippen LogP contribution is -2.26. The van der Waals surface area contributed by atoms with E-state index in [0.717, 1.165) is 45.7 Å². The van der Waals surface area contributed by atoms with Gasteiger partial charge in [0.1, 0.15) is 0 Å². The Balaban J connectivity index is 1.52. The maximum atomic E-state index is 4.87.